The number of nitrogens with one attached hydrogen (secondary N) is 1. The number of likely N-dealkylation sites (tertiary alicyclic amines) is 1. The number of hydrogen-bond donors (Lipinski definition) is 5. The molecule has 1 aliphatic rings. The highest BCUT2D eigenvalue weighted by Crippen LogP contribution is 2.19. The van der Waals surface area contributed by atoms with Crippen molar-refractivity contribution in [1.82, 2.24) is 10.2 Å². The summed E-state index contributed by atoms with van der Waals surface area (Å²) in [6, 6.07) is -2.13. The number of nitrogens with two attached hydrogens (primary N) is 1. The minimum absolute atomic E-state index is 0.129. The summed E-state index contributed by atoms with van der Waals surface area (Å²) in [4.78, 5) is 24.2. The van der Waals surface area contributed by atoms with Crippen LogP contribution in [-0.4, -0.2) is 76.0 Å². The fourth-order valence-corrected chi connectivity index (χ4v) is 2.09. The van der Waals surface area contributed by atoms with Crippen LogP contribution in [0.15, 0.2) is 0 Å². The molecule has 1 heterocycles. The second-order valence-corrected chi connectivity index (χ2v) is 4.23. The maximum atomic E-state index is 12.0. The first-order valence-corrected chi connectivity index (χ1v) is 5.68. The van der Waals surface area contributed by atoms with E-state index in [4.69, 9.17) is 10.8 Å². The molecule has 0 saturated carbocycles. The Labute approximate surface area is 104 Å². The largest absolute Gasteiger partial charge is 0.394 e. The summed E-state index contributed by atoms with van der Waals surface area (Å²) < 4.78 is 0. The van der Waals surface area contributed by atoms with Crippen LogP contribution in [0.4, 0.5) is 0 Å². The lowest BCUT2D eigenvalue weighted by Gasteiger charge is -2.44. The summed E-state index contributed by atoms with van der Waals surface area (Å²) in [5.41, 5.74) is 5.36. The summed E-state index contributed by atoms with van der Waals surface area (Å²) >= 11 is 0. The van der Waals surface area contributed by atoms with E-state index >= 15 is 0 Å². The van der Waals surface area contributed by atoms with Gasteiger partial charge in [-0.25, -0.2) is 0 Å². The molecular weight excluding hydrogens is 242 g/mol. The summed E-state index contributed by atoms with van der Waals surface area (Å²) in [5.74, 6) is -1.05. The predicted molar refractivity (Wildman–Crippen MR) is 61.3 cm³/mol. The number of carbonyl (C=O) groups is 2. The zero-order valence-electron chi connectivity index (χ0n) is 10.1. The first kappa shape index (κ1) is 14.8. The first-order valence-electron chi connectivity index (χ1n) is 5.68. The molecule has 4 atom stereocenters. The number of aliphatic hydroxyl groups excluding tert-OH is 3. The van der Waals surface area contributed by atoms with Crippen molar-refractivity contribution in [2.24, 2.45) is 5.73 Å². The van der Waals surface area contributed by atoms with E-state index in [2.05, 4.69) is 5.32 Å². The average Bonchev–Trinajstić information content (AvgIpc) is 2.32. The molecule has 104 valence electrons. The fraction of sp³-hybridized carbons (Fsp3) is 0.800. The third kappa shape index (κ3) is 2.78. The van der Waals surface area contributed by atoms with E-state index in [0.717, 1.165) is 0 Å². The van der Waals surface area contributed by atoms with E-state index in [1.165, 1.54) is 11.8 Å². The van der Waals surface area contributed by atoms with Gasteiger partial charge in [0, 0.05) is 20.0 Å². The highest BCUT2D eigenvalue weighted by molar-refractivity contribution is 5.88. The summed E-state index contributed by atoms with van der Waals surface area (Å²) in [6.07, 6.45) is -2.79. The molecule has 8 heteroatoms. The van der Waals surface area contributed by atoms with Gasteiger partial charge in [-0.05, 0) is 0 Å². The van der Waals surface area contributed by atoms with Gasteiger partial charge >= 0.3 is 0 Å². The average molecular weight is 261 g/mol. The van der Waals surface area contributed by atoms with E-state index in [1.807, 2.05) is 0 Å². The van der Waals surface area contributed by atoms with Crippen molar-refractivity contribution < 1.29 is 24.9 Å². The van der Waals surface area contributed by atoms with E-state index in [1.54, 1.807) is 0 Å². The normalized spacial score (nSPS) is 32.5. The van der Waals surface area contributed by atoms with Gasteiger partial charge in [-0.15, -0.1) is 0 Å². The Morgan fingerprint density at radius 2 is 2.06 bits per heavy atom. The molecule has 0 aromatic carbocycles. The van der Waals surface area contributed by atoms with Crippen LogP contribution in [0.3, 0.4) is 0 Å². The molecule has 0 bridgehead atoms. The quantitative estimate of drug-likeness (QED) is 0.354. The number of aliphatic hydroxyl groups is 3. The van der Waals surface area contributed by atoms with Gasteiger partial charge in [-0.1, -0.05) is 0 Å². The Bertz CT molecular complexity index is 325. The lowest BCUT2D eigenvalue weighted by molar-refractivity contribution is -0.163. The minimum atomic E-state index is -1.45. The predicted octanol–water partition coefficient (Wildman–Crippen LogP) is -3.63. The van der Waals surface area contributed by atoms with Gasteiger partial charge in [0.25, 0.3) is 0 Å². The molecule has 2 amide bonds. The van der Waals surface area contributed by atoms with Crippen LogP contribution in [0.1, 0.15) is 6.92 Å². The third-order valence-electron chi connectivity index (χ3n) is 2.95. The third-order valence-corrected chi connectivity index (χ3v) is 2.95. The van der Waals surface area contributed by atoms with Gasteiger partial charge in [0.1, 0.15) is 18.2 Å². The number of nitrogens with zero attached hydrogens (tertiary/aromatic N) is 1. The smallest absolute Gasteiger partial charge is 0.248 e. The molecule has 0 radical (unpaired) electrons. The second kappa shape index (κ2) is 6.10. The Morgan fingerprint density at radius 3 is 2.50 bits per heavy atom. The number of piperidine rings is 1. The van der Waals surface area contributed by atoms with Crippen molar-refractivity contribution in [2.75, 3.05) is 19.7 Å². The lowest BCUT2D eigenvalue weighted by atomic mass is 9.91. The topological polar surface area (TPSA) is 136 Å². The number of carbonyl (C=O) groups excluding carboxylic acids is 2. The van der Waals surface area contributed by atoms with Gasteiger partial charge in [0.15, 0.2) is 0 Å². The molecule has 1 rings (SSSR count). The van der Waals surface area contributed by atoms with Crippen LogP contribution in [0, 0.1) is 0 Å². The van der Waals surface area contributed by atoms with Crippen molar-refractivity contribution in [3.05, 3.63) is 0 Å². The van der Waals surface area contributed by atoms with Crippen LogP contribution >= 0.6 is 0 Å². The zero-order valence-corrected chi connectivity index (χ0v) is 10.1. The Morgan fingerprint density at radius 1 is 1.44 bits per heavy atom. The van der Waals surface area contributed by atoms with Crippen LogP contribution in [0.25, 0.3) is 0 Å². The fourth-order valence-electron chi connectivity index (χ4n) is 2.09. The van der Waals surface area contributed by atoms with Gasteiger partial charge in [0.2, 0.25) is 11.8 Å². The van der Waals surface area contributed by atoms with Gasteiger partial charge in [0.05, 0.1) is 12.6 Å². The van der Waals surface area contributed by atoms with Crippen LogP contribution < -0.4 is 11.1 Å². The van der Waals surface area contributed by atoms with Crippen molar-refractivity contribution in [3.63, 3.8) is 0 Å². The molecule has 0 aromatic rings. The SMILES string of the molecule is CC(=O)NC1C(=O)N(CCN)C(CO)[C@H](O)[C@@H]1O. The first-order chi connectivity index (χ1) is 8.43. The minimum Gasteiger partial charge on any atom is -0.394 e. The maximum absolute atomic E-state index is 12.0. The van der Waals surface area contributed by atoms with Crippen molar-refractivity contribution in [1.29, 1.82) is 0 Å². The van der Waals surface area contributed by atoms with E-state index in [9.17, 15) is 19.8 Å². The zero-order chi connectivity index (χ0) is 13.9. The van der Waals surface area contributed by atoms with Gasteiger partial charge in [-0.3, -0.25) is 9.59 Å². The molecule has 1 aliphatic heterocycles. The summed E-state index contributed by atoms with van der Waals surface area (Å²) in [7, 11) is 0. The summed E-state index contributed by atoms with van der Waals surface area (Å²) in [6.45, 7) is 0.996. The van der Waals surface area contributed by atoms with E-state index < -0.39 is 42.7 Å². The Kier molecular flexibility index (Phi) is 5.03. The molecular formula is C10H19N3O5. The monoisotopic (exact) mass is 261 g/mol. The second-order valence-electron chi connectivity index (χ2n) is 4.23. The number of rotatable bonds is 4. The Balaban J connectivity index is 2.95. The molecule has 8 nitrogen and oxygen atoms in total. The number of hydrogen-bond acceptors (Lipinski definition) is 6. The van der Waals surface area contributed by atoms with Crippen molar-refractivity contribution >= 4 is 11.8 Å². The number of amides is 2. The maximum Gasteiger partial charge on any atom is 0.248 e. The molecule has 0 aromatic heterocycles. The molecule has 1 fully saturated rings. The van der Waals surface area contributed by atoms with Crippen LogP contribution in [0.2, 0.25) is 0 Å². The molecule has 1 saturated heterocycles. The molecule has 18 heavy (non-hydrogen) atoms. The van der Waals surface area contributed by atoms with Crippen molar-refractivity contribution in [3.8, 4) is 0 Å². The Hall–Kier alpha value is -1.22. The lowest BCUT2D eigenvalue weighted by Crippen LogP contribution is -2.69. The van der Waals surface area contributed by atoms with Gasteiger partial charge < -0.3 is 31.3 Å². The molecule has 0 spiro atoms. The van der Waals surface area contributed by atoms with E-state index in [-0.39, 0.29) is 13.1 Å². The van der Waals surface area contributed by atoms with Crippen LogP contribution in [0.5, 0.6) is 0 Å². The molecule has 6 N–H and O–H groups in total. The van der Waals surface area contributed by atoms with E-state index in [0.29, 0.717) is 0 Å². The van der Waals surface area contributed by atoms with Gasteiger partial charge in [-0.2, -0.15) is 0 Å². The standard InChI is InChI=1S/C10H19N3O5/c1-5(15)12-7-9(17)8(16)6(4-14)13(3-2-11)10(7)18/h6-9,14,16-17H,2-4,11H2,1H3,(H,12,15)/t6?,7?,8-,9+/m0/s1. The molecule has 0 aliphatic carbocycles. The highest BCUT2D eigenvalue weighted by Gasteiger charge is 2.47. The van der Waals surface area contributed by atoms with Crippen LogP contribution in [-0.2, 0) is 9.59 Å². The molecule has 2 unspecified atom stereocenters. The highest BCUT2D eigenvalue weighted by atomic mass is 16.3. The van der Waals surface area contributed by atoms with Crippen molar-refractivity contribution in [2.45, 2.75) is 31.2 Å². The summed E-state index contributed by atoms with van der Waals surface area (Å²) in [5, 5.41) is 31.1.